The number of rotatable bonds is 4. The predicted molar refractivity (Wildman–Crippen MR) is 80.2 cm³/mol. The van der Waals surface area contributed by atoms with Crippen LogP contribution in [0.2, 0.25) is 0 Å². The highest BCUT2D eigenvalue weighted by atomic mass is 19.1. The standard InChI is InChI=1S/C16H11FN4O2/c17-13-3-1-2-12(10-13)4-9-16(22)23-15-7-5-14(6-8-15)21-11-18-19-20-21/h1-11H/b9-4+. The highest BCUT2D eigenvalue weighted by Crippen LogP contribution is 2.15. The largest absolute Gasteiger partial charge is 0.423 e. The van der Waals surface area contributed by atoms with Gasteiger partial charge in [0.25, 0.3) is 0 Å². The molecule has 1 aromatic heterocycles. The smallest absolute Gasteiger partial charge is 0.336 e. The number of tetrazole rings is 1. The molecule has 0 atom stereocenters. The predicted octanol–water partition coefficient (Wildman–Crippen LogP) is 2.42. The van der Waals surface area contributed by atoms with Crippen LogP contribution in [0.25, 0.3) is 11.8 Å². The fourth-order valence-corrected chi connectivity index (χ4v) is 1.87. The second kappa shape index (κ2) is 6.61. The lowest BCUT2D eigenvalue weighted by Crippen LogP contribution is -2.04. The highest BCUT2D eigenvalue weighted by molar-refractivity contribution is 5.88. The summed E-state index contributed by atoms with van der Waals surface area (Å²) in [7, 11) is 0. The maximum atomic E-state index is 13.0. The third-order valence-corrected chi connectivity index (χ3v) is 2.93. The van der Waals surface area contributed by atoms with E-state index in [0.29, 0.717) is 11.3 Å². The van der Waals surface area contributed by atoms with Gasteiger partial charge < -0.3 is 4.74 Å². The van der Waals surface area contributed by atoms with Crippen LogP contribution in [0.3, 0.4) is 0 Å². The molecule has 0 spiro atoms. The van der Waals surface area contributed by atoms with E-state index in [2.05, 4.69) is 15.5 Å². The Labute approximate surface area is 130 Å². The Morgan fingerprint density at radius 1 is 1.17 bits per heavy atom. The minimum absolute atomic E-state index is 0.362. The summed E-state index contributed by atoms with van der Waals surface area (Å²) in [5.41, 5.74) is 1.32. The van der Waals surface area contributed by atoms with E-state index in [0.717, 1.165) is 5.69 Å². The number of ether oxygens (including phenoxy) is 1. The number of hydrogen-bond donors (Lipinski definition) is 0. The molecule has 3 aromatic rings. The Kier molecular flexibility index (Phi) is 4.19. The van der Waals surface area contributed by atoms with E-state index < -0.39 is 5.97 Å². The molecule has 6 nitrogen and oxygen atoms in total. The molecule has 0 saturated carbocycles. The third-order valence-electron chi connectivity index (χ3n) is 2.93. The fraction of sp³-hybridized carbons (Fsp3) is 0. The van der Waals surface area contributed by atoms with Crippen molar-refractivity contribution < 1.29 is 13.9 Å². The van der Waals surface area contributed by atoms with E-state index in [9.17, 15) is 9.18 Å². The van der Waals surface area contributed by atoms with E-state index in [1.807, 2.05) is 0 Å². The monoisotopic (exact) mass is 310 g/mol. The molecule has 0 unspecified atom stereocenters. The van der Waals surface area contributed by atoms with Crippen molar-refractivity contribution >= 4 is 12.0 Å². The van der Waals surface area contributed by atoms with Gasteiger partial charge >= 0.3 is 5.97 Å². The van der Waals surface area contributed by atoms with Gasteiger partial charge in [0.05, 0.1) is 5.69 Å². The van der Waals surface area contributed by atoms with Crippen LogP contribution in [-0.4, -0.2) is 26.2 Å². The van der Waals surface area contributed by atoms with Gasteiger partial charge in [0.15, 0.2) is 0 Å². The molecule has 23 heavy (non-hydrogen) atoms. The van der Waals surface area contributed by atoms with Crippen LogP contribution in [0.15, 0.2) is 60.9 Å². The average molecular weight is 310 g/mol. The number of benzene rings is 2. The van der Waals surface area contributed by atoms with E-state index in [4.69, 9.17) is 4.74 Å². The lowest BCUT2D eigenvalue weighted by Gasteiger charge is -2.03. The summed E-state index contributed by atoms with van der Waals surface area (Å²) in [6.45, 7) is 0. The number of carbonyl (C=O) groups excluding carboxylic acids is 1. The number of aromatic nitrogens is 4. The number of hydrogen-bond acceptors (Lipinski definition) is 5. The van der Waals surface area contributed by atoms with Crippen molar-refractivity contribution in [3.63, 3.8) is 0 Å². The second-order valence-corrected chi connectivity index (χ2v) is 4.56. The Hall–Kier alpha value is -3.35. The number of esters is 1. The van der Waals surface area contributed by atoms with E-state index in [1.54, 1.807) is 36.4 Å². The normalized spacial score (nSPS) is 10.8. The fourth-order valence-electron chi connectivity index (χ4n) is 1.87. The molecular formula is C16H11FN4O2. The summed E-state index contributed by atoms with van der Waals surface area (Å²) >= 11 is 0. The van der Waals surface area contributed by atoms with Crippen LogP contribution < -0.4 is 4.74 Å². The maximum Gasteiger partial charge on any atom is 0.336 e. The van der Waals surface area contributed by atoms with Crippen molar-refractivity contribution in [2.24, 2.45) is 0 Å². The molecule has 0 saturated heterocycles. The van der Waals surface area contributed by atoms with Crippen molar-refractivity contribution in [2.45, 2.75) is 0 Å². The second-order valence-electron chi connectivity index (χ2n) is 4.56. The van der Waals surface area contributed by atoms with Gasteiger partial charge in [-0.05, 0) is 58.5 Å². The first-order valence-electron chi connectivity index (χ1n) is 6.69. The van der Waals surface area contributed by atoms with Crippen LogP contribution >= 0.6 is 0 Å². The first-order chi connectivity index (χ1) is 11.2. The quantitative estimate of drug-likeness (QED) is 0.420. The molecule has 0 fully saturated rings. The molecule has 2 aromatic carbocycles. The molecule has 0 N–H and O–H groups in total. The number of carbonyl (C=O) groups is 1. The molecule has 0 aliphatic rings. The summed E-state index contributed by atoms with van der Waals surface area (Å²) in [6, 6.07) is 12.6. The van der Waals surface area contributed by atoms with Crippen LogP contribution in [-0.2, 0) is 4.79 Å². The Balaban J connectivity index is 1.64. The highest BCUT2D eigenvalue weighted by Gasteiger charge is 2.02. The molecular weight excluding hydrogens is 299 g/mol. The molecule has 0 aliphatic heterocycles. The van der Waals surface area contributed by atoms with Crippen LogP contribution in [0.4, 0.5) is 4.39 Å². The van der Waals surface area contributed by atoms with Crippen LogP contribution in [0, 0.1) is 5.82 Å². The molecule has 0 radical (unpaired) electrons. The lowest BCUT2D eigenvalue weighted by atomic mass is 10.2. The van der Waals surface area contributed by atoms with E-state index in [1.165, 1.54) is 35.3 Å². The Morgan fingerprint density at radius 3 is 2.70 bits per heavy atom. The number of nitrogens with zero attached hydrogens (tertiary/aromatic N) is 4. The Morgan fingerprint density at radius 2 is 2.00 bits per heavy atom. The van der Waals surface area contributed by atoms with Crippen molar-refractivity contribution in [3.05, 3.63) is 72.3 Å². The molecule has 114 valence electrons. The van der Waals surface area contributed by atoms with Crippen molar-refractivity contribution in [1.29, 1.82) is 0 Å². The molecule has 0 bridgehead atoms. The molecule has 0 aliphatic carbocycles. The number of halogens is 1. The molecule has 0 amide bonds. The van der Waals surface area contributed by atoms with E-state index in [-0.39, 0.29) is 5.82 Å². The van der Waals surface area contributed by atoms with Crippen molar-refractivity contribution in [2.75, 3.05) is 0 Å². The van der Waals surface area contributed by atoms with Gasteiger partial charge in [-0.15, -0.1) is 5.10 Å². The third kappa shape index (κ3) is 3.85. The molecule has 1 heterocycles. The lowest BCUT2D eigenvalue weighted by molar-refractivity contribution is -0.128. The Bertz CT molecular complexity index is 830. The zero-order valence-electron chi connectivity index (χ0n) is 11.8. The summed E-state index contributed by atoms with van der Waals surface area (Å²) in [4.78, 5) is 11.7. The van der Waals surface area contributed by atoms with Gasteiger partial charge in [-0.25, -0.2) is 13.9 Å². The first-order valence-corrected chi connectivity index (χ1v) is 6.69. The SMILES string of the molecule is O=C(/C=C/c1cccc(F)c1)Oc1ccc(-n2cnnn2)cc1. The molecule has 3 rings (SSSR count). The summed E-state index contributed by atoms with van der Waals surface area (Å²) in [5.74, 6) is -0.529. The van der Waals surface area contributed by atoms with Crippen LogP contribution in [0.5, 0.6) is 5.75 Å². The van der Waals surface area contributed by atoms with Crippen LogP contribution in [0.1, 0.15) is 5.56 Å². The zero-order valence-corrected chi connectivity index (χ0v) is 11.8. The molecule has 7 heteroatoms. The van der Waals surface area contributed by atoms with Crippen molar-refractivity contribution in [1.82, 2.24) is 20.2 Å². The maximum absolute atomic E-state index is 13.0. The van der Waals surface area contributed by atoms with Gasteiger partial charge in [0.1, 0.15) is 17.9 Å². The summed E-state index contributed by atoms with van der Waals surface area (Å²) in [5, 5.41) is 10.8. The van der Waals surface area contributed by atoms with Crippen molar-refractivity contribution in [3.8, 4) is 11.4 Å². The zero-order chi connectivity index (χ0) is 16.1. The summed E-state index contributed by atoms with van der Waals surface area (Å²) in [6.07, 6.45) is 4.19. The van der Waals surface area contributed by atoms with Gasteiger partial charge in [-0.3, -0.25) is 0 Å². The minimum atomic E-state index is -0.551. The van der Waals surface area contributed by atoms with Gasteiger partial charge in [-0.2, -0.15) is 0 Å². The summed E-state index contributed by atoms with van der Waals surface area (Å²) < 4.78 is 19.7. The van der Waals surface area contributed by atoms with Gasteiger partial charge in [0.2, 0.25) is 0 Å². The first kappa shape index (κ1) is 14.6. The topological polar surface area (TPSA) is 69.9 Å². The minimum Gasteiger partial charge on any atom is -0.423 e. The van der Waals surface area contributed by atoms with Gasteiger partial charge in [0, 0.05) is 6.08 Å². The average Bonchev–Trinajstić information content (AvgIpc) is 3.08. The van der Waals surface area contributed by atoms with E-state index >= 15 is 0 Å². The van der Waals surface area contributed by atoms with Gasteiger partial charge in [-0.1, -0.05) is 12.1 Å².